The fourth-order valence-corrected chi connectivity index (χ4v) is 15.3. The van der Waals surface area contributed by atoms with Crippen LogP contribution in [0.5, 0.6) is 5.75 Å². The predicted molar refractivity (Wildman–Crippen MR) is 206 cm³/mol. The average molecular weight is 768 g/mol. The highest BCUT2D eigenvalue weighted by Gasteiger charge is 2.48. The van der Waals surface area contributed by atoms with Gasteiger partial charge in [-0.1, -0.05) is 108 Å². The summed E-state index contributed by atoms with van der Waals surface area (Å²) in [5.41, 5.74) is 3.22. The van der Waals surface area contributed by atoms with Crippen molar-refractivity contribution in [1.29, 1.82) is 0 Å². The number of fused-ring (bicyclic) bond motifs is 6. The van der Waals surface area contributed by atoms with Crippen molar-refractivity contribution in [3.05, 3.63) is 157 Å². The lowest BCUT2D eigenvalue weighted by Gasteiger charge is -2.31. The second-order valence-corrected chi connectivity index (χ2v) is 19.9. The van der Waals surface area contributed by atoms with Gasteiger partial charge in [0.25, 0.3) is 20.0 Å². The molecular weight excluding hydrogens is 737 g/mol. The van der Waals surface area contributed by atoms with Crippen LogP contribution in [0.15, 0.2) is 160 Å². The van der Waals surface area contributed by atoms with E-state index in [0.29, 0.717) is 27.5 Å². The minimum Gasteiger partial charge on any atom is -0.420 e. The summed E-state index contributed by atoms with van der Waals surface area (Å²) in [6.45, 7) is 3.67. The Bertz CT molecular complexity index is 2840. The van der Waals surface area contributed by atoms with E-state index in [4.69, 9.17) is 8.72 Å². The van der Waals surface area contributed by atoms with Gasteiger partial charge in [0.15, 0.2) is 0 Å². The Morgan fingerprint density at radius 3 is 1.83 bits per heavy atom. The number of rotatable bonds is 6. The van der Waals surface area contributed by atoms with Crippen molar-refractivity contribution in [2.24, 2.45) is 0 Å². The molecule has 2 heterocycles. The third-order valence-corrected chi connectivity index (χ3v) is 17.9. The van der Waals surface area contributed by atoms with E-state index in [2.05, 4.69) is 4.86 Å². The normalized spacial score (nSPS) is 16.1. The van der Waals surface area contributed by atoms with Crippen LogP contribution in [-0.2, 0) is 24.6 Å². The molecule has 14 heteroatoms. The molecule has 1 aliphatic heterocycles. The summed E-state index contributed by atoms with van der Waals surface area (Å²) in [6, 6.07) is 39.9. The van der Waals surface area contributed by atoms with Crippen LogP contribution in [0.4, 0.5) is 5.69 Å². The van der Waals surface area contributed by atoms with Crippen LogP contribution < -0.4 is 13.5 Å². The van der Waals surface area contributed by atoms with E-state index in [-0.39, 0.29) is 26.7 Å². The number of aryl methyl sites for hydroxylation is 2. The van der Waals surface area contributed by atoms with Gasteiger partial charge >= 0.3 is 7.67 Å². The molecule has 8 rings (SSSR count). The SMILES string of the molecule is Cc1ccc(S(=O)(=O)N2c3ccccc3-c3ccccc3OP2(=O)Np2oc3ccccc3c3ccccc3n2S(=O)(=O)c2ccc(C)cc2)cc1. The van der Waals surface area contributed by atoms with E-state index >= 15 is 4.57 Å². The smallest absolute Gasteiger partial charge is 0.420 e. The molecule has 0 fully saturated rings. The molecule has 0 aliphatic carbocycles. The van der Waals surface area contributed by atoms with Crippen LogP contribution in [-0.4, -0.2) is 20.6 Å². The highest BCUT2D eigenvalue weighted by molar-refractivity contribution is 8.02. The van der Waals surface area contributed by atoms with E-state index in [9.17, 15) is 16.8 Å². The molecule has 0 radical (unpaired) electrons. The molecule has 0 amide bonds. The Labute approximate surface area is 302 Å². The molecule has 0 saturated heterocycles. The molecule has 6 aromatic carbocycles. The first-order chi connectivity index (χ1) is 25.0. The number of hydrogen-bond donors (Lipinski definition) is 1. The lowest BCUT2D eigenvalue weighted by Crippen LogP contribution is -2.32. The fourth-order valence-electron chi connectivity index (χ4n) is 6.16. The van der Waals surface area contributed by atoms with Crippen molar-refractivity contribution in [2.45, 2.75) is 23.6 Å². The van der Waals surface area contributed by atoms with Gasteiger partial charge in [-0.25, -0.2) is 21.4 Å². The van der Waals surface area contributed by atoms with Crippen molar-refractivity contribution in [3.8, 4) is 16.9 Å². The minimum atomic E-state index is -4.96. The summed E-state index contributed by atoms with van der Waals surface area (Å²) in [6.07, 6.45) is 0. The summed E-state index contributed by atoms with van der Waals surface area (Å²) in [5, 5.41) is 1.13. The third kappa shape index (κ3) is 5.73. The standard InChI is InChI=1S/C38H31N3O7P2S2/c1-27-19-23-29(24-20-27)51(43,44)40-35-15-7-3-11-31(35)33-13-5-9-17-37(33)47-49(40)39-50(42)41(52(45,46)30-25-21-28(2)22-26-30)36-16-8-4-12-32(36)34-14-6-10-18-38(34)48-50/h3-26H,1-2H3,(H,39,42). The second-order valence-electron chi connectivity index (χ2n) is 12.2. The molecule has 0 saturated carbocycles. The van der Waals surface area contributed by atoms with Gasteiger partial charge in [-0.05, 0) is 62.4 Å². The van der Waals surface area contributed by atoms with Crippen LogP contribution in [0, 0.1) is 13.8 Å². The minimum absolute atomic E-state index is 0.0448. The Balaban J connectivity index is 1.48. The average Bonchev–Trinajstić information content (AvgIpc) is 3.34. The summed E-state index contributed by atoms with van der Waals surface area (Å²) in [7, 11) is -16.9. The van der Waals surface area contributed by atoms with Gasteiger partial charge in [0.2, 0.25) is 8.08 Å². The molecule has 0 bridgehead atoms. The van der Waals surface area contributed by atoms with Gasteiger partial charge in [0, 0.05) is 21.9 Å². The van der Waals surface area contributed by atoms with Crippen molar-refractivity contribution in [3.63, 3.8) is 0 Å². The van der Waals surface area contributed by atoms with Crippen LogP contribution in [0.1, 0.15) is 11.1 Å². The van der Waals surface area contributed by atoms with Gasteiger partial charge in [0.1, 0.15) is 11.3 Å². The van der Waals surface area contributed by atoms with E-state index in [1.165, 1.54) is 24.3 Å². The lowest BCUT2D eigenvalue weighted by molar-refractivity contribution is 0.490. The number of benzene rings is 6. The van der Waals surface area contributed by atoms with Crippen molar-refractivity contribution < 1.29 is 30.1 Å². The first-order valence-electron chi connectivity index (χ1n) is 16.1. The van der Waals surface area contributed by atoms with Crippen LogP contribution >= 0.6 is 15.8 Å². The number of hydrogen-bond acceptors (Lipinski definition) is 7. The zero-order valence-corrected chi connectivity index (χ0v) is 31.2. The Hall–Kier alpha value is -5.09. The van der Waals surface area contributed by atoms with E-state index < -0.39 is 35.8 Å². The molecular formula is C38H31N3O7P2S2. The zero-order valence-electron chi connectivity index (χ0n) is 27.8. The van der Waals surface area contributed by atoms with Crippen molar-refractivity contribution >= 4 is 63.4 Å². The maximum atomic E-state index is 16.0. The van der Waals surface area contributed by atoms with Gasteiger partial charge < -0.3 is 8.72 Å². The highest BCUT2D eigenvalue weighted by atomic mass is 32.2. The van der Waals surface area contributed by atoms with Gasteiger partial charge in [0.05, 0.1) is 21.0 Å². The quantitative estimate of drug-likeness (QED) is 0.166. The molecule has 7 aromatic rings. The van der Waals surface area contributed by atoms with E-state index in [1.807, 2.05) is 13.8 Å². The highest BCUT2D eigenvalue weighted by Crippen LogP contribution is 2.62. The zero-order chi connectivity index (χ0) is 36.3. The predicted octanol–water partition coefficient (Wildman–Crippen LogP) is 9.96. The van der Waals surface area contributed by atoms with E-state index in [1.54, 1.807) is 121 Å². The summed E-state index contributed by atoms with van der Waals surface area (Å²) in [4.78, 5) is 2.74. The topological polar surface area (TPSA) is 128 Å². The molecule has 10 nitrogen and oxygen atoms in total. The summed E-state index contributed by atoms with van der Waals surface area (Å²) in [5.74, 6) is 0.131. The first-order valence-corrected chi connectivity index (χ1v) is 21.8. The molecule has 52 heavy (non-hydrogen) atoms. The maximum Gasteiger partial charge on any atom is 0.444 e. The Morgan fingerprint density at radius 2 is 1.13 bits per heavy atom. The summed E-state index contributed by atoms with van der Waals surface area (Å²) >= 11 is 0. The van der Waals surface area contributed by atoms with Crippen LogP contribution in [0.25, 0.3) is 33.0 Å². The molecule has 2 atom stereocenters. The molecule has 262 valence electrons. The Kier molecular flexibility index (Phi) is 8.40. The maximum absolute atomic E-state index is 16.0. The van der Waals surface area contributed by atoms with Gasteiger partial charge in [-0.3, -0.25) is 0 Å². The monoisotopic (exact) mass is 767 g/mol. The second kappa shape index (κ2) is 12.8. The molecule has 1 aromatic heterocycles. The van der Waals surface area contributed by atoms with Crippen molar-refractivity contribution in [1.82, 2.24) is 3.73 Å². The molecule has 1 N–H and O–H groups in total. The van der Waals surface area contributed by atoms with Gasteiger partial charge in [-0.15, -0.1) is 4.86 Å². The number of anilines is 1. The van der Waals surface area contributed by atoms with Gasteiger partial charge in [-0.2, -0.15) is 7.81 Å². The third-order valence-electron chi connectivity index (χ3n) is 8.69. The molecule has 2 unspecified atom stereocenters. The van der Waals surface area contributed by atoms with Crippen molar-refractivity contribution in [2.75, 3.05) is 8.93 Å². The largest absolute Gasteiger partial charge is 0.444 e. The number of aromatic nitrogens is 1. The Morgan fingerprint density at radius 1 is 0.596 bits per heavy atom. The first kappa shape index (κ1) is 34.0. The number of nitrogens with one attached hydrogen (secondary N) is 1. The number of para-hydroxylation sites is 4. The lowest BCUT2D eigenvalue weighted by atomic mass is 10.0. The van der Waals surface area contributed by atoms with E-state index in [0.717, 1.165) is 18.9 Å². The fraction of sp³-hybridized carbons (Fsp3) is 0.0526. The molecule has 1 aliphatic rings. The summed E-state index contributed by atoms with van der Waals surface area (Å²) < 4.78 is 90.3. The number of sulfonamides is 1. The number of nitrogens with zero attached hydrogens (tertiary/aromatic N) is 2. The van der Waals surface area contributed by atoms with Crippen LogP contribution in [0.3, 0.4) is 0 Å². The molecule has 0 spiro atoms. The van der Waals surface area contributed by atoms with Crippen LogP contribution in [0.2, 0.25) is 0 Å².